The van der Waals surface area contributed by atoms with E-state index in [9.17, 15) is 17.6 Å². The number of carbonyl (C=O) groups is 1. The van der Waals surface area contributed by atoms with Crippen LogP contribution < -0.4 is 4.90 Å². The van der Waals surface area contributed by atoms with Gasteiger partial charge < -0.3 is 0 Å². The Hall–Kier alpha value is -2.92. The van der Waals surface area contributed by atoms with Crippen LogP contribution >= 0.6 is 22.9 Å². The van der Waals surface area contributed by atoms with E-state index in [1.165, 1.54) is 32.7 Å². The van der Waals surface area contributed by atoms with Crippen LogP contribution in [-0.2, 0) is 21.4 Å². The van der Waals surface area contributed by atoms with Crippen LogP contribution in [-0.4, -0.2) is 41.2 Å². The van der Waals surface area contributed by atoms with Gasteiger partial charge in [-0.15, -0.1) is 0 Å². The van der Waals surface area contributed by atoms with Crippen LogP contribution in [0.15, 0.2) is 65.7 Å². The van der Waals surface area contributed by atoms with Gasteiger partial charge in [0.15, 0.2) is 5.13 Å². The number of pyridine rings is 1. The van der Waals surface area contributed by atoms with Gasteiger partial charge in [-0.25, -0.2) is 17.8 Å². The molecule has 1 atom stereocenters. The zero-order valence-electron chi connectivity index (χ0n) is 19.3. The lowest BCUT2D eigenvalue weighted by molar-refractivity contribution is -0.121. The molecule has 7 nitrogen and oxygen atoms in total. The maximum Gasteiger partial charge on any atom is 0.247 e. The molecule has 1 amide bonds. The summed E-state index contributed by atoms with van der Waals surface area (Å²) in [4.78, 5) is 24.5. The number of amides is 1. The standard InChI is InChI=1S/C25H22ClFN4O3S2/c1-16-7-12-20(26)23-22(16)29-25(35-23)30(15-18-5-2-3-13-28-18)24(32)21-6-4-14-31(21)36(33,34)19-10-8-17(27)9-11-19/h2-3,5,7-13,21H,4,6,14-15H2,1H3. The van der Waals surface area contributed by atoms with E-state index in [1.807, 2.05) is 19.1 Å². The minimum atomic E-state index is -4.01. The largest absolute Gasteiger partial charge is 0.281 e. The molecule has 36 heavy (non-hydrogen) atoms. The number of rotatable bonds is 6. The smallest absolute Gasteiger partial charge is 0.247 e. The zero-order chi connectivity index (χ0) is 25.4. The van der Waals surface area contributed by atoms with E-state index in [2.05, 4.69) is 4.98 Å². The van der Waals surface area contributed by atoms with E-state index in [-0.39, 0.29) is 18.0 Å². The predicted molar refractivity (Wildman–Crippen MR) is 138 cm³/mol. The number of fused-ring (bicyclic) bond motifs is 1. The summed E-state index contributed by atoms with van der Waals surface area (Å²) < 4.78 is 42.2. The minimum Gasteiger partial charge on any atom is -0.281 e. The van der Waals surface area contributed by atoms with Crippen LogP contribution in [0.1, 0.15) is 24.1 Å². The lowest BCUT2D eigenvalue weighted by atomic mass is 10.2. The number of hydrogen-bond acceptors (Lipinski definition) is 6. The van der Waals surface area contributed by atoms with Gasteiger partial charge in [0.05, 0.1) is 32.4 Å². The molecule has 1 aliphatic heterocycles. The van der Waals surface area contributed by atoms with Crippen molar-refractivity contribution in [2.24, 2.45) is 0 Å². The molecule has 0 saturated carbocycles. The van der Waals surface area contributed by atoms with Gasteiger partial charge in [-0.2, -0.15) is 4.31 Å². The van der Waals surface area contributed by atoms with Crippen LogP contribution in [0.5, 0.6) is 0 Å². The van der Waals surface area contributed by atoms with Crippen molar-refractivity contribution >= 4 is 54.2 Å². The van der Waals surface area contributed by atoms with E-state index in [0.717, 1.165) is 22.4 Å². The fourth-order valence-corrected chi connectivity index (χ4v) is 7.27. The van der Waals surface area contributed by atoms with Crippen molar-refractivity contribution in [1.82, 2.24) is 14.3 Å². The number of hydrogen-bond donors (Lipinski definition) is 0. The number of nitrogens with zero attached hydrogens (tertiary/aromatic N) is 4. The number of thiazole rings is 1. The predicted octanol–water partition coefficient (Wildman–Crippen LogP) is 5.18. The number of benzene rings is 2. The molecule has 186 valence electrons. The average Bonchev–Trinajstić information content (AvgIpc) is 3.54. The van der Waals surface area contributed by atoms with Gasteiger partial charge in [0, 0.05) is 12.7 Å². The van der Waals surface area contributed by atoms with Crippen molar-refractivity contribution in [2.45, 2.75) is 37.2 Å². The third-order valence-electron chi connectivity index (χ3n) is 6.14. The summed E-state index contributed by atoms with van der Waals surface area (Å²) >= 11 is 7.70. The molecule has 3 heterocycles. The second-order valence-corrected chi connectivity index (χ2v) is 11.8. The second-order valence-electron chi connectivity index (χ2n) is 8.51. The van der Waals surface area contributed by atoms with Gasteiger partial charge >= 0.3 is 0 Å². The number of anilines is 1. The van der Waals surface area contributed by atoms with Crippen molar-refractivity contribution in [1.29, 1.82) is 0 Å². The molecule has 0 spiro atoms. The molecule has 2 aromatic carbocycles. The highest BCUT2D eigenvalue weighted by Crippen LogP contribution is 2.37. The first-order chi connectivity index (χ1) is 17.3. The quantitative estimate of drug-likeness (QED) is 0.334. The molecule has 0 aliphatic carbocycles. The first-order valence-corrected chi connectivity index (χ1v) is 13.9. The van der Waals surface area contributed by atoms with E-state index in [1.54, 1.807) is 24.4 Å². The SMILES string of the molecule is Cc1ccc(Cl)c2sc(N(Cc3ccccn3)C(=O)C3CCCN3S(=O)(=O)c3ccc(F)cc3)nc12. The Labute approximate surface area is 217 Å². The molecule has 1 fully saturated rings. The number of aryl methyl sites for hydroxylation is 1. The normalized spacial score (nSPS) is 16.5. The maximum atomic E-state index is 14.0. The van der Waals surface area contributed by atoms with Crippen LogP contribution in [0.4, 0.5) is 9.52 Å². The Kier molecular flexibility index (Phi) is 6.78. The fourth-order valence-electron chi connectivity index (χ4n) is 4.30. The summed E-state index contributed by atoms with van der Waals surface area (Å²) in [5.74, 6) is -0.925. The topological polar surface area (TPSA) is 83.5 Å². The highest BCUT2D eigenvalue weighted by atomic mass is 35.5. The van der Waals surface area contributed by atoms with E-state index in [0.29, 0.717) is 34.2 Å². The van der Waals surface area contributed by atoms with Gasteiger partial charge in [-0.1, -0.05) is 35.1 Å². The fraction of sp³-hybridized carbons (Fsp3) is 0.240. The monoisotopic (exact) mass is 544 g/mol. The Balaban J connectivity index is 1.55. The lowest BCUT2D eigenvalue weighted by Gasteiger charge is -2.28. The second kappa shape index (κ2) is 9.85. The van der Waals surface area contributed by atoms with Crippen LogP contribution in [0.3, 0.4) is 0 Å². The third-order valence-corrected chi connectivity index (χ3v) is 9.60. The molecule has 1 aliphatic rings. The van der Waals surface area contributed by atoms with Crippen LogP contribution in [0.25, 0.3) is 10.2 Å². The van der Waals surface area contributed by atoms with Crippen molar-refractivity contribution < 1.29 is 17.6 Å². The van der Waals surface area contributed by atoms with E-state index in [4.69, 9.17) is 16.6 Å². The molecule has 11 heteroatoms. The van der Waals surface area contributed by atoms with E-state index < -0.39 is 27.8 Å². The van der Waals surface area contributed by atoms with Crippen molar-refractivity contribution in [2.75, 3.05) is 11.4 Å². The van der Waals surface area contributed by atoms with Gasteiger partial charge in [0.25, 0.3) is 0 Å². The first kappa shape index (κ1) is 24.8. The third kappa shape index (κ3) is 4.61. The molecule has 5 rings (SSSR count). The summed E-state index contributed by atoms with van der Waals surface area (Å²) in [6.45, 7) is 2.23. The molecular formula is C25H22ClFN4O3S2. The highest BCUT2D eigenvalue weighted by molar-refractivity contribution is 7.89. The van der Waals surface area contributed by atoms with Crippen molar-refractivity contribution in [3.05, 3.63) is 82.9 Å². The van der Waals surface area contributed by atoms with E-state index >= 15 is 0 Å². The molecular weight excluding hydrogens is 523 g/mol. The lowest BCUT2D eigenvalue weighted by Crippen LogP contribution is -2.47. The molecule has 1 saturated heterocycles. The summed E-state index contributed by atoms with van der Waals surface area (Å²) in [6.07, 6.45) is 2.53. The molecule has 1 unspecified atom stereocenters. The van der Waals surface area contributed by atoms with Gasteiger partial charge in [-0.05, 0) is 67.8 Å². The van der Waals surface area contributed by atoms with Gasteiger partial charge in [-0.3, -0.25) is 14.7 Å². The van der Waals surface area contributed by atoms with Crippen molar-refractivity contribution in [3.8, 4) is 0 Å². The zero-order valence-corrected chi connectivity index (χ0v) is 21.7. The first-order valence-electron chi connectivity index (χ1n) is 11.3. The molecule has 0 bridgehead atoms. The van der Waals surface area contributed by atoms with Crippen LogP contribution in [0.2, 0.25) is 5.02 Å². The molecule has 2 aromatic heterocycles. The molecule has 4 aromatic rings. The number of aromatic nitrogens is 2. The average molecular weight is 545 g/mol. The summed E-state index contributed by atoms with van der Waals surface area (Å²) in [5.41, 5.74) is 2.26. The van der Waals surface area contributed by atoms with Crippen LogP contribution in [0, 0.1) is 12.7 Å². The van der Waals surface area contributed by atoms with Gasteiger partial charge in [0.2, 0.25) is 15.9 Å². The summed E-state index contributed by atoms with van der Waals surface area (Å²) in [6, 6.07) is 12.8. The Morgan fingerprint density at radius 3 is 2.67 bits per heavy atom. The Morgan fingerprint density at radius 1 is 1.19 bits per heavy atom. The molecule has 0 radical (unpaired) electrons. The maximum absolute atomic E-state index is 14.0. The number of carbonyl (C=O) groups excluding carboxylic acids is 1. The summed E-state index contributed by atoms with van der Waals surface area (Å²) in [7, 11) is -4.01. The Bertz CT molecular complexity index is 1490. The molecule has 0 N–H and O–H groups in total. The number of halogens is 2. The van der Waals surface area contributed by atoms with Crippen molar-refractivity contribution in [3.63, 3.8) is 0 Å². The number of sulfonamides is 1. The van der Waals surface area contributed by atoms with Gasteiger partial charge in [0.1, 0.15) is 11.9 Å². The summed E-state index contributed by atoms with van der Waals surface area (Å²) in [5, 5.41) is 0.953. The minimum absolute atomic E-state index is 0.0535. The Morgan fingerprint density at radius 2 is 1.97 bits per heavy atom. The highest BCUT2D eigenvalue weighted by Gasteiger charge is 2.42.